The summed E-state index contributed by atoms with van der Waals surface area (Å²) in [4.78, 5) is 19.2. The highest BCUT2D eigenvalue weighted by Gasteiger charge is 2.23. The number of rotatable bonds is 2. The van der Waals surface area contributed by atoms with Crippen LogP contribution in [0.15, 0.2) is 18.2 Å². The zero-order valence-corrected chi connectivity index (χ0v) is 14.1. The van der Waals surface area contributed by atoms with Crippen molar-refractivity contribution in [3.05, 3.63) is 40.4 Å². The van der Waals surface area contributed by atoms with Crippen molar-refractivity contribution in [3.63, 3.8) is 0 Å². The van der Waals surface area contributed by atoms with Gasteiger partial charge in [-0.2, -0.15) is 0 Å². The van der Waals surface area contributed by atoms with Crippen LogP contribution < -0.4 is 5.32 Å². The largest absolute Gasteiger partial charge is 0.335 e. The van der Waals surface area contributed by atoms with Crippen LogP contribution in [0.2, 0.25) is 0 Å². The Bertz CT molecular complexity index is 717. The molecule has 23 heavy (non-hydrogen) atoms. The number of carbonyl (C=O) groups is 1. The highest BCUT2D eigenvalue weighted by atomic mass is 35.5. The van der Waals surface area contributed by atoms with Crippen molar-refractivity contribution in [1.82, 2.24) is 15.2 Å². The topological polar surface area (TPSA) is 45.2 Å². The maximum Gasteiger partial charge on any atom is 0.265 e. The van der Waals surface area contributed by atoms with E-state index in [1.54, 1.807) is 11.8 Å². The molecule has 1 N–H and O–H groups in total. The van der Waals surface area contributed by atoms with E-state index in [0.29, 0.717) is 34.2 Å². The molecule has 1 aliphatic rings. The van der Waals surface area contributed by atoms with Crippen molar-refractivity contribution in [1.29, 1.82) is 0 Å². The Morgan fingerprint density at radius 3 is 2.61 bits per heavy atom. The fraction of sp³-hybridized carbons (Fsp3) is 0.333. The van der Waals surface area contributed by atoms with Gasteiger partial charge in [-0.25, -0.2) is 13.8 Å². The molecule has 0 saturated carbocycles. The standard InChI is InChI=1S/C15H15F2N3OS.ClH/c1-9-13(15(21)20-6-4-18-5-7-20)22-14(19-9)10-2-3-11(16)12(17)8-10;/h2-3,8,18H,4-7H2,1H3;1H. The monoisotopic (exact) mass is 359 g/mol. The van der Waals surface area contributed by atoms with Crippen LogP contribution >= 0.6 is 23.7 Å². The molecular formula is C15H16ClF2N3OS. The number of piperazine rings is 1. The third kappa shape index (κ3) is 3.68. The summed E-state index contributed by atoms with van der Waals surface area (Å²) < 4.78 is 26.4. The molecule has 1 aliphatic heterocycles. The van der Waals surface area contributed by atoms with Gasteiger partial charge in [0.25, 0.3) is 5.91 Å². The number of nitrogens with one attached hydrogen (secondary N) is 1. The number of thiazole rings is 1. The second kappa shape index (κ2) is 7.33. The number of nitrogens with zero attached hydrogens (tertiary/aromatic N) is 2. The highest BCUT2D eigenvalue weighted by molar-refractivity contribution is 7.17. The predicted molar refractivity (Wildman–Crippen MR) is 88.2 cm³/mol. The first-order chi connectivity index (χ1) is 10.6. The average molecular weight is 360 g/mol. The van der Waals surface area contributed by atoms with Gasteiger partial charge in [0.2, 0.25) is 0 Å². The number of aromatic nitrogens is 1. The number of halogens is 3. The number of aryl methyl sites for hydroxylation is 1. The molecule has 0 spiro atoms. The first kappa shape index (κ1) is 17.8. The van der Waals surface area contributed by atoms with E-state index in [-0.39, 0.29) is 18.3 Å². The van der Waals surface area contributed by atoms with Gasteiger partial charge >= 0.3 is 0 Å². The molecule has 3 rings (SSSR count). The lowest BCUT2D eigenvalue weighted by molar-refractivity contribution is 0.0739. The fourth-order valence-corrected chi connectivity index (χ4v) is 3.39. The molecule has 1 fully saturated rings. The summed E-state index contributed by atoms with van der Waals surface area (Å²) >= 11 is 1.22. The zero-order valence-electron chi connectivity index (χ0n) is 12.4. The summed E-state index contributed by atoms with van der Waals surface area (Å²) in [5, 5.41) is 3.72. The van der Waals surface area contributed by atoms with Crippen LogP contribution in [0.3, 0.4) is 0 Å². The van der Waals surface area contributed by atoms with E-state index >= 15 is 0 Å². The number of carbonyl (C=O) groups excluding carboxylic acids is 1. The molecular weight excluding hydrogens is 344 g/mol. The maximum absolute atomic E-state index is 13.3. The molecule has 1 amide bonds. The molecule has 0 atom stereocenters. The predicted octanol–water partition coefficient (Wildman–Crippen LogP) is 2.86. The average Bonchev–Trinajstić information content (AvgIpc) is 2.92. The fourth-order valence-electron chi connectivity index (χ4n) is 2.36. The lowest BCUT2D eigenvalue weighted by Gasteiger charge is -2.27. The second-order valence-electron chi connectivity index (χ2n) is 5.10. The van der Waals surface area contributed by atoms with Gasteiger partial charge in [0.15, 0.2) is 11.6 Å². The number of benzene rings is 1. The Morgan fingerprint density at radius 1 is 1.26 bits per heavy atom. The Kier molecular flexibility index (Phi) is 5.67. The number of amides is 1. The summed E-state index contributed by atoms with van der Waals surface area (Å²) in [5.41, 5.74) is 1.10. The van der Waals surface area contributed by atoms with Crippen molar-refractivity contribution in [2.75, 3.05) is 26.2 Å². The molecule has 1 aromatic carbocycles. The van der Waals surface area contributed by atoms with E-state index in [1.807, 2.05) is 0 Å². The van der Waals surface area contributed by atoms with Gasteiger partial charge in [-0.1, -0.05) is 0 Å². The third-order valence-corrected chi connectivity index (χ3v) is 4.76. The van der Waals surface area contributed by atoms with Crippen LogP contribution in [0.4, 0.5) is 8.78 Å². The summed E-state index contributed by atoms with van der Waals surface area (Å²) in [6, 6.07) is 3.64. The summed E-state index contributed by atoms with van der Waals surface area (Å²) in [6.45, 7) is 4.64. The number of hydrogen-bond donors (Lipinski definition) is 1. The van der Waals surface area contributed by atoms with Crippen molar-refractivity contribution >= 4 is 29.7 Å². The normalized spacial score (nSPS) is 14.5. The Hall–Kier alpha value is -1.57. The van der Waals surface area contributed by atoms with Crippen molar-refractivity contribution < 1.29 is 13.6 Å². The van der Waals surface area contributed by atoms with Crippen LogP contribution in [0.1, 0.15) is 15.4 Å². The van der Waals surface area contributed by atoms with Gasteiger partial charge in [-0.3, -0.25) is 4.79 Å². The van der Waals surface area contributed by atoms with E-state index in [9.17, 15) is 13.6 Å². The molecule has 0 unspecified atom stereocenters. The van der Waals surface area contributed by atoms with Crippen LogP contribution in [-0.4, -0.2) is 42.0 Å². The number of hydrogen-bond acceptors (Lipinski definition) is 4. The van der Waals surface area contributed by atoms with E-state index in [1.165, 1.54) is 17.4 Å². The molecule has 8 heteroatoms. The van der Waals surface area contributed by atoms with Gasteiger partial charge in [0.1, 0.15) is 9.88 Å². The van der Waals surface area contributed by atoms with Crippen molar-refractivity contribution in [2.24, 2.45) is 0 Å². The lowest BCUT2D eigenvalue weighted by Crippen LogP contribution is -2.46. The van der Waals surface area contributed by atoms with Crippen molar-refractivity contribution in [2.45, 2.75) is 6.92 Å². The van der Waals surface area contributed by atoms with E-state index in [2.05, 4.69) is 10.3 Å². The minimum atomic E-state index is -0.916. The van der Waals surface area contributed by atoms with Gasteiger partial charge in [0.05, 0.1) is 5.69 Å². The molecule has 4 nitrogen and oxygen atoms in total. The summed E-state index contributed by atoms with van der Waals surface area (Å²) in [5.74, 6) is -1.86. The van der Waals surface area contributed by atoms with Crippen LogP contribution in [0.25, 0.3) is 10.6 Å². The first-order valence-electron chi connectivity index (χ1n) is 6.99. The Balaban J connectivity index is 0.00000192. The first-order valence-corrected chi connectivity index (χ1v) is 7.81. The molecule has 0 bridgehead atoms. The molecule has 0 radical (unpaired) electrons. The summed E-state index contributed by atoms with van der Waals surface area (Å²) in [6.07, 6.45) is 0. The molecule has 124 valence electrons. The van der Waals surface area contributed by atoms with Crippen LogP contribution in [-0.2, 0) is 0 Å². The van der Waals surface area contributed by atoms with Gasteiger partial charge in [-0.05, 0) is 25.1 Å². The molecule has 2 aromatic rings. The SMILES string of the molecule is Cc1nc(-c2ccc(F)c(F)c2)sc1C(=O)N1CCNCC1.Cl. The van der Waals surface area contributed by atoms with E-state index < -0.39 is 11.6 Å². The van der Waals surface area contributed by atoms with Crippen LogP contribution in [0.5, 0.6) is 0 Å². The summed E-state index contributed by atoms with van der Waals surface area (Å²) in [7, 11) is 0. The van der Waals surface area contributed by atoms with Crippen molar-refractivity contribution in [3.8, 4) is 10.6 Å². The van der Waals surface area contributed by atoms with E-state index in [0.717, 1.165) is 25.2 Å². The van der Waals surface area contributed by atoms with Gasteiger partial charge in [0, 0.05) is 31.7 Å². The van der Waals surface area contributed by atoms with Gasteiger partial charge < -0.3 is 10.2 Å². The second-order valence-corrected chi connectivity index (χ2v) is 6.10. The quantitative estimate of drug-likeness (QED) is 0.896. The zero-order chi connectivity index (χ0) is 15.7. The van der Waals surface area contributed by atoms with Crippen LogP contribution in [0, 0.1) is 18.6 Å². The minimum absolute atomic E-state index is 0. The lowest BCUT2D eigenvalue weighted by atomic mass is 10.2. The highest BCUT2D eigenvalue weighted by Crippen LogP contribution is 2.29. The minimum Gasteiger partial charge on any atom is -0.335 e. The smallest absolute Gasteiger partial charge is 0.265 e. The molecule has 2 heterocycles. The van der Waals surface area contributed by atoms with Gasteiger partial charge in [-0.15, -0.1) is 23.7 Å². The Morgan fingerprint density at radius 2 is 1.96 bits per heavy atom. The Labute approximate surface area is 142 Å². The third-order valence-electron chi connectivity index (χ3n) is 3.56. The maximum atomic E-state index is 13.3. The molecule has 1 aromatic heterocycles. The van der Waals surface area contributed by atoms with E-state index in [4.69, 9.17) is 0 Å². The molecule has 0 aliphatic carbocycles. The molecule has 1 saturated heterocycles.